The molecule has 0 atom stereocenters. The Morgan fingerprint density at radius 3 is 2.57 bits per heavy atom. The van der Waals surface area contributed by atoms with Crippen molar-refractivity contribution in [2.45, 2.75) is 0 Å². The number of nitrogens with zero attached hydrogens (tertiary/aromatic N) is 2. The van der Waals surface area contributed by atoms with E-state index in [2.05, 4.69) is 36.4 Å². The second-order valence-electron chi connectivity index (χ2n) is 4.37. The van der Waals surface area contributed by atoms with Crippen LogP contribution in [0.15, 0.2) is 59.5 Å². The molecule has 0 saturated heterocycles. The quantitative estimate of drug-likeness (QED) is 0.715. The summed E-state index contributed by atoms with van der Waals surface area (Å²) < 4.78 is 0.629. The molecule has 2 N–H and O–H groups in total. The maximum atomic E-state index is 12.1. The summed E-state index contributed by atoms with van der Waals surface area (Å²) in [6.45, 7) is 0. The molecule has 21 heavy (non-hydrogen) atoms. The summed E-state index contributed by atoms with van der Waals surface area (Å²) in [5.41, 5.74) is 3.23. The molecule has 3 rings (SSSR count). The molecule has 6 heteroatoms. The van der Waals surface area contributed by atoms with Crippen molar-refractivity contribution in [3.05, 3.63) is 65.0 Å². The van der Waals surface area contributed by atoms with E-state index in [0.29, 0.717) is 10.2 Å². The van der Waals surface area contributed by atoms with Gasteiger partial charge in [0.25, 0.3) is 5.91 Å². The number of rotatable bonds is 3. The van der Waals surface area contributed by atoms with Gasteiger partial charge in [0.05, 0.1) is 5.69 Å². The molecule has 0 aliphatic heterocycles. The number of nitrogens with one attached hydrogen (secondary N) is 2. The van der Waals surface area contributed by atoms with Crippen LogP contribution in [0.5, 0.6) is 0 Å². The van der Waals surface area contributed by atoms with E-state index in [4.69, 9.17) is 0 Å². The molecule has 2 heterocycles. The summed E-state index contributed by atoms with van der Waals surface area (Å²) in [6.07, 6.45) is 3.28. The SMILES string of the molecule is O=C(Nc1ccc(-c2ccn[nH]2)cc1)c1ccnc(Br)c1. The number of carbonyl (C=O) groups is 1. The number of hydrogen-bond acceptors (Lipinski definition) is 3. The van der Waals surface area contributed by atoms with Crippen LogP contribution in [0.4, 0.5) is 5.69 Å². The van der Waals surface area contributed by atoms with Crippen LogP contribution in [0.1, 0.15) is 10.4 Å². The van der Waals surface area contributed by atoms with Crippen LogP contribution >= 0.6 is 15.9 Å². The summed E-state index contributed by atoms with van der Waals surface area (Å²) in [4.78, 5) is 16.1. The molecule has 0 aliphatic carbocycles. The highest BCUT2D eigenvalue weighted by atomic mass is 79.9. The number of anilines is 1. The Balaban J connectivity index is 1.75. The average molecular weight is 343 g/mol. The zero-order valence-corrected chi connectivity index (χ0v) is 12.5. The Morgan fingerprint density at radius 1 is 1.10 bits per heavy atom. The fraction of sp³-hybridized carbons (Fsp3) is 0. The van der Waals surface area contributed by atoms with Gasteiger partial charge in [-0.2, -0.15) is 5.10 Å². The van der Waals surface area contributed by atoms with E-state index in [-0.39, 0.29) is 5.91 Å². The fourth-order valence-electron chi connectivity index (χ4n) is 1.90. The minimum atomic E-state index is -0.174. The van der Waals surface area contributed by atoms with E-state index in [1.165, 1.54) is 0 Å². The highest BCUT2D eigenvalue weighted by Crippen LogP contribution is 2.19. The zero-order valence-electron chi connectivity index (χ0n) is 10.9. The largest absolute Gasteiger partial charge is 0.322 e. The van der Waals surface area contributed by atoms with Gasteiger partial charge in [0.2, 0.25) is 0 Å². The third-order valence-electron chi connectivity index (χ3n) is 2.94. The molecule has 3 aromatic rings. The molecule has 0 fully saturated rings. The monoisotopic (exact) mass is 342 g/mol. The summed E-state index contributed by atoms with van der Waals surface area (Å²) in [5, 5.41) is 9.65. The normalized spacial score (nSPS) is 10.3. The molecule has 0 saturated carbocycles. The van der Waals surface area contributed by atoms with E-state index >= 15 is 0 Å². The standard InChI is InChI=1S/C15H11BrN4O/c16-14-9-11(5-7-17-14)15(21)19-12-3-1-10(2-4-12)13-6-8-18-20-13/h1-9H,(H,18,20)(H,19,21). The van der Waals surface area contributed by atoms with E-state index < -0.39 is 0 Å². The van der Waals surface area contributed by atoms with Gasteiger partial charge in [-0.3, -0.25) is 9.89 Å². The predicted molar refractivity (Wildman–Crippen MR) is 83.9 cm³/mol. The van der Waals surface area contributed by atoms with Crippen LogP contribution in [0.2, 0.25) is 0 Å². The molecule has 0 aliphatic rings. The van der Waals surface area contributed by atoms with Gasteiger partial charge < -0.3 is 5.32 Å². The molecular formula is C15H11BrN4O. The second-order valence-corrected chi connectivity index (χ2v) is 5.18. The fourth-order valence-corrected chi connectivity index (χ4v) is 2.26. The van der Waals surface area contributed by atoms with Gasteiger partial charge >= 0.3 is 0 Å². The molecule has 0 bridgehead atoms. The van der Waals surface area contributed by atoms with Gasteiger partial charge in [-0.05, 0) is 51.8 Å². The number of hydrogen-bond donors (Lipinski definition) is 2. The molecule has 5 nitrogen and oxygen atoms in total. The van der Waals surface area contributed by atoms with Gasteiger partial charge in [-0.1, -0.05) is 12.1 Å². The first-order valence-electron chi connectivity index (χ1n) is 6.25. The lowest BCUT2D eigenvalue weighted by Gasteiger charge is -2.06. The minimum Gasteiger partial charge on any atom is -0.322 e. The lowest BCUT2D eigenvalue weighted by molar-refractivity contribution is 0.102. The number of aromatic amines is 1. The highest BCUT2D eigenvalue weighted by Gasteiger charge is 2.07. The van der Waals surface area contributed by atoms with Gasteiger partial charge in [0.15, 0.2) is 0 Å². The predicted octanol–water partition coefficient (Wildman–Crippen LogP) is 3.49. The summed E-state index contributed by atoms with van der Waals surface area (Å²) in [7, 11) is 0. The van der Waals surface area contributed by atoms with E-state index in [0.717, 1.165) is 16.9 Å². The Kier molecular flexibility index (Phi) is 3.79. The van der Waals surface area contributed by atoms with Crippen LogP contribution < -0.4 is 5.32 Å². The van der Waals surface area contributed by atoms with Crippen LogP contribution in [0.25, 0.3) is 11.3 Å². The highest BCUT2D eigenvalue weighted by molar-refractivity contribution is 9.10. The number of H-pyrrole nitrogens is 1. The Morgan fingerprint density at radius 2 is 1.90 bits per heavy atom. The van der Waals surface area contributed by atoms with Crippen molar-refractivity contribution in [2.24, 2.45) is 0 Å². The minimum absolute atomic E-state index is 0.174. The average Bonchev–Trinajstić information content (AvgIpc) is 3.02. The first-order chi connectivity index (χ1) is 10.2. The molecule has 2 aromatic heterocycles. The number of pyridine rings is 1. The topological polar surface area (TPSA) is 70.7 Å². The first kappa shape index (κ1) is 13.5. The molecule has 1 aromatic carbocycles. The summed E-state index contributed by atoms with van der Waals surface area (Å²) in [5.74, 6) is -0.174. The zero-order chi connectivity index (χ0) is 14.7. The van der Waals surface area contributed by atoms with Crippen molar-refractivity contribution in [1.82, 2.24) is 15.2 Å². The van der Waals surface area contributed by atoms with Crippen molar-refractivity contribution in [2.75, 3.05) is 5.32 Å². The molecule has 0 radical (unpaired) electrons. The van der Waals surface area contributed by atoms with Gasteiger partial charge in [0.1, 0.15) is 4.60 Å². The summed E-state index contributed by atoms with van der Waals surface area (Å²) in [6, 6.07) is 12.8. The molecule has 104 valence electrons. The van der Waals surface area contributed by atoms with E-state index in [9.17, 15) is 4.79 Å². The van der Waals surface area contributed by atoms with Crippen LogP contribution in [0.3, 0.4) is 0 Å². The van der Waals surface area contributed by atoms with Gasteiger partial charge in [-0.25, -0.2) is 4.98 Å². The smallest absolute Gasteiger partial charge is 0.255 e. The van der Waals surface area contributed by atoms with Crippen molar-refractivity contribution in [3.63, 3.8) is 0 Å². The number of halogens is 1. The van der Waals surface area contributed by atoms with Crippen molar-refractivity contribution in [1.29, 1.82) is 0 Å². The van der Waals surface area contributed by atoms with Crippen molar-refractivity contribution >= 4 is 27.5 Å². The molecular weight excluding hydrogens is 332 g/mol. The lowest BCUT2D eigenvalue weighted by atomic mass is 10.1. The second kappa shape index (κ2) is 5.88. The first-order valence-corrected chi connectivity index (χ1v) is 7.04. The maximum absolute atomic E-state index is 12.1. The van der Waals surface area contributed by atoms with Gasteiger partial charge in [-0.15, -0.1) is 0 Å². The number of benzene rings is 1. The number of carbonyl (C=O) groups excluding carboxylic acids is 1. The van der Waals surface area contributed by atoms with E-state index in [1.807, 2.05) is 30.3 Å². The third kappa shape index (κ3) is 3.17. The maximum Gasteiger partial charge on any atom is 0.255 e. The van der Waals surface area contributed by atoms with Crippen LogP contribution in [-0.2, 0) is 0 Å². The Labute approximate surface area is 129 Å². The third-order valence-corrected chi connectivity index (χ3v) is 3.38. The van der Waals surface area contributed by atoms with Crippen LogP contribution in [0, 0.1) is 0 Å². The molecule has 0 unspecified atom stereocenters. The molecule has 1 amide bonds. The van der Waals surface area contributed by atoms with Crippen molar-refractivity contribution < 1.29 is 4.79 Å². The lowest BCUT2D eigenvalue weighted by Crippen LogP contribution is -2.11. The Hall–Kier alpha value is -2.47. The number of amides is 1. The Bertz CT molecular complexity index is 754. The summed E-state index contributed by atoms with van der Waals surface area (Å²) >= 11 is 3.25. The van der Waals surface area contributed by atoms with Crippen molar-refractivity contribution in [3.8, 4) is 11.3 Å². The van der Waals surface area contributed by atoms with Crippen LogP contribution in [-0.4, -0.2) is 21.1 Å². The molecule has 0 spiro atoms. The van der Waals surface area contributed by atoms with E-state index in [1.54, 1.807) is 24.5 Å². The number of aromatic nitrogens is 3. The van der Waals surface area contributed by atoms with Gasteiger partial charge in [0, 0.05) is 23.6 Å².